The zero-order valence-electron chi connectivity index (χ0n) is 16.7. The van der Waals surface area contributed by atoms with Gasteiger partial charge < -0.3 is 10.3 Å². The second-order valence-electron chi connectivity index (χ2n) is 7.32. The summed E-state index contributed by atoms with van der Waals surface area (Å²) in [5, 5.41) is 3.25. The Labute approximate surface area is 181 Å². The molecule has 2 heterocycles. The Balaban J connectivity index is 1.39. The molecule has 0 unspecified atom stereocenters. The predicted molar refractivity (Wildman–Crippen MR) is 119 cm³/mol. The first-order valence-electron chi connectivity index (χ1n) is 9.92. The number of hydrogen-bond donors (Lipinski definition) is 2. The van der Waals surface area contributed by atoms with Crippen LogP contribution >= 0.6 is 0 Å². The number of rotatable bonds is 4. The molecule has 3 aromatic carbocycles. The number of aromatic nitrogens is 3. The summed E-state index contributed by atoms with van der Waals surface area (Å²) in [6, 6.07) is 24.8. The molecule has 5 aromatic rings. The van der Waals surface area contributed by atoms with E-state index in [0.717, 1.165) is 34.5 Å². The van der Waals surface area contributed by atoms with Crippen molar-refractivity contribution in [3.8, 4) is 22.5 Å². The van der Waals surface area contributed by atoms with Crippen LogP contribution in [0.3, 0.4) is 0 Å². The number of hydrogen-bond acceptors (Lipinski definition) is 3. The quantitative estimate of drug-likeness (QED) is 0.321. The maximum atomic E-state index is 13.0. The van der Waals surface area contributed by atoms with Gasteiger partial charge in [0.1, 0.15) is 11.6 Å². The number of aromatic amines is 1. The van der Waals surface area contributed by atoms with Crippen molar-refractivity contribution in [2.45, 2.75) is 6.18 Å². The molecule has 0 aliphatic carbocycles. The fourth-order valence-electron chi connectivity index (χ4n) is 3.48. The topological polar surface area (TPSA) is 53.6 Å². The summed E-state index contributed by atoms with van der Waals surface area (Å²) >= 11 is 0. The van der Waals surface area contributed by atoms with E-state index in [4.69, 9.17) is 0 Å². The predicted octanol–water partition coefficient (Wildman–Crippen LogP) is 7.05. The molecule has 0 aliphatic rings. The van der Waals surface area contributed by atoms with Crippen molar-refractivity contribution in [3.63, 3.8) is 0 Å². The summed E-state index contributed by atoms with van der Waals surface area (Å²) in [7, 11) is 0. The molecule has 0 bridgehead atoms. The smallest absolute Gasteiger partial charge is 0.340 e. The molecule has 0 amide bonds. The van der Waals surface area contributed by atoms with Gasteiger partial charge in [-0.05, 0) is 48.0 Å². The second-order valence-corrected chi connectivity index (χ2v) is 7.32. The average molecular weight is 430 g/mol. The van der Waals surface area contributed by atoms with Crippen LogP contribution < -0.4 is 5.32 Å². The van der Waals surface area contributed by atoms with E-state index >= 15 is 0 Å². The maximum Gasteiger partial charge on any atom is 0.416 e. The number of halogens is 3. The zero-order valence-corrected chi connectivity index (χ0v) is 16.7. The number of nitrogens with zero attached hydrogens (tertiary/aromatic N) is 2. The summed E-state index contributed by atoms with van der Waals surface area (Å²) in [6.45, 7) is 0. The van der Waals surface area contributed by atoms with Gasteiger partial charge in [0, 0.05) is 23.0 Å². The lowest BCUT2D eigenvalue weighted by atomic mass is 10.1. The Morgan fingerprint density at radius 1 is 0.750 bits per heavy atom. The average Bonchev–Trinajstić information content (AvgIpc) is 3.23. The van der Waals surface area contributed by atoms with Gasteiger partial charge >= 0.3 is 6.18 Å². The lowest BCUT2D eigenvalue weighted by Crippen LogP contribution is -2.04. The van der Waals surface area contributed by atoms with E-state index in [0.29, 0.717) is 22.7 Å². The number of anilines is 2. The lowest BCUT2D eigenvalue weighted by Gasteiger charge is -2.08. The first-order chi connectivity index (χ1) is 15.5. The van der Waals surface area contributed by atoms with E-state index in [1.54, 1.807) is 6.20 Å². The van der Waals surface area contributed by atoms with Crippen molar-refractivity contribution < 1.29 is 13.2 Å². The van der Waals surface area contributed by atoms with Gasteiger partial charge in [-0.3, -0.25) is 0 Å². The highest BCUT2D eigenvalue weighted by Crippen LogP contribution is 2.32. The summed E-state index contributed by atoms with van der Waals surface area (Å²) in [5.41, 5.74) is 3.76. The number of imidazole rings is 1. The van der Waals surface area contributed by atoms with Gasteiger partial charge in [-0.25, -0.2) is 9.97 Å². The van der Waals surface area contributed by atoms with Crippen molar-refractivity contribution >= 4 is 22.5 Å². The molecule has 2 aromatic heterocycles. The van der Waals surface area contributed by atoms with Crippen LogP contribution in [0, 0.1) is 0 Å². The van der Waals surface area contributed by atoms with E-state index in [9.17, 15) is 13.2 Å². The van der Waals surface area contributed by atoms with Gasteiger partial charge in [-0.2, -0.15) is 13.2 Å². The molecule has 2 N–H and O–H groups in total. The van der Waals surface area contributed by atoms with Gasteiger partial charge in [0.05, 0.1) is 16.6 Å². The van der Waals surface area contributed by atoms with Gasteiger partial charge in [-0.1, -0.05) is 42.5 Å². The Kier molecular flexibility index (Phi) is 4.86. The van der Waals surface area contributed by atoms with Crippen molar-refractivity contribution in [1.82, 2.24) is 15.0 Å². The highest BCUT2D eigenvalue weighted by Gasteiger charge is 2.30. The number of H-pyrrole nitrogens is 1. The lowest BCUT2D eigenvalue weighted by molar-refractivity contribution is -0.137. The standard InChI is InChI=1S/C25H17F3N4/c26-25(27,28)19-10-11-21-22(14-19)32-24(31-21)17-7-4-8-20(13-17)30-23-12-9-18(15-29-23)16-5-2-1-3-6-16/h1-15H,(H,29,30)(H,31,32). The Hall–Kier alpha value is -4.13. The molecule has 0 fully saturated rings. The molecule has 0 saturated carbocycles. The summed E-state index contributed by atoms with van der Waals surface area (Å²) in [5.74, 6) is 1.18. The van der Waals surface area contributed by atoms with E-state index in [-0.39, 0.29) is 0 Å². The third-order valence-electron chi connectivity index (χ3n) is 5.09. The molecule has 4 nitrogen and oxygen atoms in total. The number of alkyl halides is 3. The first-order valence-corrected chi connectivity index (χ1v) is 9.92. The van der Waals surface area contributed by atoms with Crippen LogP contribution in [0.1, 0.15) is 5.56 Å². The minimum absolute atomic E-state index is 0.339. The van der Waals surface area contributed by atoms with Crippen LogP contribution in [0.2, 0.25) is 0 Å². The van der Waals surface area contributed by atoms with E-state index in [1.165, 1.54) is 6.07 Å². The molecule has 7 heteroatoms. The zero-order chi connectivity index (χ0) is 22.1. The summed E-state index contributed by atoms with van der Waals surface area (Å²) < 4.78 is 38.9. The van der Waals surface area contributed by atoms with Crippen molar-refractivity contribution in [1.29, 1.82) is 0 Å². The van der Waals surface area contributed by atoms with Crippen molar-refractivity contribution in [2.75, 3.05) is 5.32 Å². The normalized spacial score (nSPS) is 11.6. The van der Waals surface area contributed by atoms with E-state index < -0.39 is 11.7 Å². The molecule has 0 radical (unpaired) electrons. The number of benzene rings is 3. The third kappa shape index (κ3) is 4.05. The number of nitrogens with one attached hydrogen (secondary N) is 2. The largest absolute Gasteiger partial charge is 0.416 e. The van der Waals surface area contributed by atoms with Crippen LogP contribution in [-0.2, 0) is 6.18 Å². The SMILES string of the molecule is FC(F)(F)c1ccc2nc(-c3cccc(Nc4ccc(-c5ccccc5)cn4)c3)[nH]c2c1. The van der Waals surface area contributed by atoms with Gasteiger partial charge in [0.15, 0.2) is 0 Å². The van der Waals surface area contributed by atoms with E-state index in [2.05, 4.69) is 20.3 Å². The van der Waals surface area contributed by atoms with Crippen molar-refractivity contribution in [3.05, 3.63) is 96.7 Å². The van der Waals surface area contributed by atoms with E-state index in [1.807, 2.05) is 66.7 Å². The minimum Gasteiger partial charge on any atom is -0.340 e. The fourth-order valence-corrected chi connectivity index (χ4v) is 3.48. The molecule has 5 rings (SSSR count). The summed E-state index contributed by atoms with van der Waals surface area (Å²) in [4.78, 5) is 11.9. The van der Waals surface area contributed by atoms with Crippen molar-refractivity contribution in [2.24, 2.45) is 0 Å². The molecule has 0 saturated heterocycles. The highest BCUT2D eigenvalue weighted by atomic mass is 19.4. The number of fused-ring (bicyclic) bond motifs is 1. The molecule has 0 aliphatic heterocycles. The maximum absolute atomic E-state index is 13.0. The van der Waals surface area contributed by atoms with Crippen LogP contribution in [0.5, 0.6) is 0 Å². The minimum atomic E-state index is -4.40. The fraction of sp³-hybridized carbons (Fsp3) is 0.0400. The van der Waals surface area contributed by atoms with Crippen LogP contribution in [0.15, 0.2) is 91.1 Å². The van der Waals surface area contributed by atoms with Crippen LogP contribution in [0.4, 0.5) is 24.7 Å². The number of pyridine rings is 1. The summed E-state index contributed by atoms with van der Waals surface area (Å²) in [6.07, 6.45) is -2.59. The van der Waals surface area contributed by atoms with Gasteiger partial charge in [0.2, 0.25) is 0 Å². The highest BCUT2D eigenvalue weighted by molar-refractivity contribution is 5.81. The molecule has 0 spiro atoms. The molecule has 158 valence electrons. The molecular weight excluding hydrogens is 413 g/mol. The first kappa shape index (κ1) is 19.8. The third-order valence-corrected chi connectivity index (χ3v) is 5.09. The van der Waals surface area contributed by atoms with Crippen LogP contribution in [-0.4, -0.2) is 15.0 Å². The molecule has 0 atom stereocenters. The second kappa shape index (κ2) is 7.85. The Morgan fingerprint density at radius 2 is 1.56 bits per heavy atom. The monoisotopic (exact) mass is 430 g/mol. The molecule has 32 heavy (non-hydrogen) atoms. The van der Waals surface area contributed by atoms with Gasteiger partial charge in [0.25, 0.3) is 0 Å². The molecular formula is C25H17F3N4. The Bertz CT molecular complexity index is 1370. The van der Waals surface area contributed by atoms with Gasteiger partial charge in [-0.15, -0.1) is 0 Å². The van der Waals surface area contributed by atoms with Crippen LogP contribution in [0.25, 0.3) is 33.5 Å². The Morgan fingerprint density at radius 3 is 2.31 bits per heavy atom.